The fourth-order valence-corrected chi connectivity index (χ4v) is 3.72. The van der Waals surface area contributed by atoms with Gasteiger partial charge in [-0.05, 0) is 18.2 Å². The number of hydrogen-bond donors (Lipinski definition) is 5. The van der Waals surface area contributed by atoms with Gasteiger partial charge >= 0.3 is 0 Å². The lowest BCUT2D eigenvalue weighted by molar-refractivity contribution is -0.327. The maximum absolute atomic E-state index is 13.5. The molecule has 1 aromatic heterocycles. The van der Waals surface area contributed by atoms with Crippen molar-refractivity contribution < 1.29 is 53.6 Å². The summed E-state index contributed by atoms with van der Waals surface area (Å²) in [5.74, 6) is -1.01. The molecule has 2 heterocycles. The molecule has 188 valence electrons. The number of phenols is 2. The van der Waals surface area contributed by atoms with Crippen molar-refractivity contribution in [2.45, 2.75) is 30.9 Å². The van der Waals surface area contributed by atoms with Crippen molar-refractivity contribution in [2.75, 3.05) is 21.3 Å². The first-order valence-electron chi connectivity index (χ1n) is 10.3. The first kappa shape index (κ1) is 24.6. The van der Waals surface area contributed by atoms with Gasteiger partial charge in [0.1, 0.15) is 40.8 Å². The molecule has 0 amide bonds. The number of methoxy groups -OCH3 is 3. The van der Waals surface area contributed by atoms with E-state index in [-0.39, 0.29) is 39.5 Å². The molecule has 0 radical (unpaired) electrons. The zero-order valence-electron chi connectivity index (χ0n) is 18.9. The van der Waals surface area contributed by atoms with Crippen LogP contribution in [-0.2, 0) is 9.47 Å². The summed E-state index contributed by atoms with van der Waals surface area (Å²) in [5, 5.41) is 50.8. The third kappa shape index (κ3) is 4.33. The Kier molecular flexibility index (Phi) is 6.74. The Balaban J connectivity index is 1.92. The van der Waals surface area contributed by atoms with E-state index in [9.17, 15) is 30.3 Å². The van der Waals surface area contributed by atoms with Crippen LogP contribution in [0.5, 0.6) is 28.7 Å². The predicted molar refractivity (Wildman–Crippen MR) is 119 cm³/mol. The minimum Gasteiger partial charge on any atom is -0.507 e. The molecule has 0 unspecified atom stereocenters. The molecule has 1 aliphatic rings. The van der Waals surface area contributed by atoms with Crippen LogP contribution in [0.15, 0.2) is 39.5 Å². The Morgan fingerprint density at radius 3 is 2.23 bits per heavy atom. The van der Waals surface area contributed by atoms with Crippen molar-refractivity contribution >= 4 is 11.0 Å². The molecule has 0 bridgehead atoms. The van der Waals surface area contributed by atoms with Gasteiger partial charge in [-0.2, -0.15) is 0 Å². The first-order valence-corrected chi connectivity index (χ1v) is 10.3. The normalized spacial score (nSPS) is 24.3. The van der Waals surface area contributed by atoms with Gasteiger partial charge in [-0.25, -0.2) is 0 Å². The minimum absolute atomic E-state index is 0.0448. The molecule has 2 aromatic carbocycles. The van der Waals surface area contributed by atoms with E-state index in [2.05, 4.69) is 0 Å². The second-order valence-electron chi connectivity index (χ2n) is 7.69. The van der Waals surface area contributed by atoms with Crippen LogP contribution in [0.2, 0.25) is 0 Å². The van der Waals surface area contributed by atoms with E-state index in [0.717, 1.165) is 0 Å². The monoisotopic (exact) mass is 492 g/mol. The largest absolute Gasteiger partial charge is 0.507 e. The number of ether oxygens (including phenoxy) is 5. The van der Waals surface area contributed by atoms with Crippen molar-refractivity contribution in [3.8, 4) is 40.1 Å². The van der Waals surface area contributed by atoms with Gasteiger partial charge in [0.05, 0.1) is 14.2 Å². The fourth-order valence-electron chi connectivity index (χ4n) is 3.72. The van der Waals surface area contributed by atoms with Crippen LogP contribution in [0.25, 0.3) is 22.3 Å². The highest BCUT2D eigenvalue weighted by molar-refractivity contribution is 5.88. The number of benzene rings is 2. The number of rotatable bonds is 6. The summed E-state index contributed by atoms with van der Waals surface area (Å²) >= 11 is 0. The summed E-state index contributed by atoms with van der Waals surface area (Å²) in [6.07, 6.45) is -8.13. The third-order valence-corrected chi connectivity index (χ3v) is 5.58. The summed E-state index contributed by atoms with van der Waals surface area (Å²) in [5.41, 5.74) is -0.652. The summed E-state index contributed by atoms with van der Waals surface area (Å²) in [7, 11) is 3.91. The van der Waals surface area contributed by atoms with Gasteiger partial charge in [0.15, 0.2) is 23.5 Å². The molecule has 1 aliphatic heterocycles. The lowest BCUT2D eigenvalue weighted by atomic mass is 10.0. The Hall–Kier alpha value is -3.55. The van der Waals surface area contributed by atoms with E-state index in [0.29, 0.717) is 0 Å². The van der Waals surface area contributed by atoms with E-state index < -0.39 is 47.8 Å². The lowest BCUT2D eigenvalue weighted by Gasteiger charge is -2.39. The summed E-state index contributed by atoms with van der Waals surface area (Å²) in [6, 6.07) is 6.69. The van der Waals surface area contributed by atoms with Gasteiger partial charge in [-0.3, -0.25) is 4.79 Å². The number of aliphatic hydroxyl groups is 3. The van der Waals surface area contributed by atoms with Gasteiger partial charge in [-0.1, -0.05) is 0 Å². The maximum atomic E-state index is 13.5. The van der Waals surface area contributed by atoms with Gasteiger partial charge in [-0.15, -0.1) is 0 Å². The average molecular weight is 492 g/mol. The number of hydrogen-bond acceptors (Lipinski definition) is 12. The van der Waals surface area contributed by atoms with Crippen LogP contribution < -0.4 is 19.6 Å². The summed E-state index contributed by atoms with van der Waals surface area (Å²) in [6.45, 7) is 0. The van der Waals surface area contributed by atoms with E-state index in [4.69, 9.17) is 28.1 Å². The highest BCUT2D eigenvalue weighted by Crippen LogP contribution is 2.39. The van der Waals surface area contributed by atoms with E-state index >= 15 is 0 Å². The molecule has 1 fully saturated rings. The first-order chi connectivity index (χ1) is 16.7. The topological polar surface area (TPSA) is 178 Å². The zero-order chi connectivity index (χ0) is 25.4. The Morgan fingerprint density at radius 1 is 0.857 bits per heavy atom. The second-order valence-corrected chi connectivity index (χ2v) is 7.69. The number of phenolic OH excluding ortho intramolecular Hbond substituents is 2. The van der Waals surface area contributed by atoms with E-state index in [1.165, 1.54) is 51.7 Å². The fraction of sp³-hybridized carbons (Fsp3) is 0.348. The van der Waals surface area contributed by atoms with Crippen LogP contribution in [0.4, 0.5) is 0 Å². The molecule has 5 N–H and O–H groups in total. The van der Waals surface area contributed by atoms with E-state index in [1.807, 2.05) is 0 Å². The molecule has 12 nitrogen and oxygen atoms in total. The molecular weight excluding hydrogens is 468 g/mol. The minimum atomic E-state index is -1.78. The summed E-state index contributed by atoms with van der Waals surface area (Å²) < 4.78 is 32.2. The van der Waals surface area contributed by atoms with Gasteiger partial charge in [0, 0.05) is 24.8 Å². The Labute approximate surface area is 198 Å². The van der Waals surface area contributed by atoms with Crippen molar-refractivity contribution in [2.24, 2.45) is 0 Å². The third-order valence-electron chi connectivity index (χ3n) is 5.58. The molecule has 12 heteroatoms. The number of aliphatic hydroxyl groups excluding tert-OH is 3. The van der Waals surface area contributed by atoms with Crippen LogP contribution >= 0.6 is 0 Å². The van der Waals surface area contributed by atoms with Crippen LogP contribution in [0, 0.1) is 0 Å². The molecular formula is C23H24O12. The molecule has 3 aromatic rings. The molecule has 5 atom stereocenters. The molecule has 0 saturated carbocycles. The highest BCUT2D eigenvalue weighted by atomic mass is 16.8. The highest BCUT2D eigenvalue weighted by Gasteiger charge is 2.46. The number of aromatic hydroxyl groups is 2. The van der Waals surface area contributed by atoms with Gasteiger partial charge in [0.2, 0.25) is 17.5 Å². The SMILES string of the molecule is COc1cc(O)c2c(=O)c(O[C@@H]3O[C@H](OC)[C@@H](O)[C@H](O)[C@H]3O)c(-c3ccc(O)c(OC)c3)oc2c1. The van der Waals surface area contributed by atoms with Crippen molar-refractivity contribution in [1.29, 1.82) is 0 Å². The van der Waals surface area contributed by atoms with Crippen molar-refractivity contribution in [3.63, 3.8) is 0 Å². The average Bonchev–Trinajstić information content (AvgIpc) is 2.85. The zero-order valence-corrected chi connectivity index (χ0v) is 18.9. The van der Waals surface area contributed by atoms with Crippen molar-refractivity contribution in [1.82, 2.24) is 0 Å². The Bertz CT molecular complexity index is 1280. The molecule has 1 saturated heterocycles. The lowest BCUT2D eigenvalue weighted by Crippen LogP contribution is -2.59. The standard InChI is InChI=1S/C23H24O12/c1-30-10-7-12(25)15-14(8-10)33-20(9-4-5-11(24)13(6-9)31-2)21(16(15)26)34-23-19(29)17(27)18(28)22(32-3)35-23/h4-8,17-19,22-25,27-29H,1-3H3/t17-,18-,19+,22-,23+/m0/s1. The quantitative estimate of drug-likeness (QED) is 0.326. The van der Waals surface area contributed by atoms with Crippen LogP contribution in [0.1, 0.15) is 0 Å². The predicted octanol–water partition coefficient (Wildman–Crippen LogP) is 0.679. The van der Waals surface area contributed by atoms with Gasteiger partial charge < -0.3 is 53.6 Å². The Morgan fingerprint density at radius 2 is 1.57 bits per heavy atom. The van der Waals surface area contributed by atoms with Crippen LogP contribution in [0.3, 0.4) is 0 Å². The van der Waals surface area contributed by atoms with Gasteiger partial charge in [0.25, 0.3) is 0 Å². The van der Waals surface area contributed by atoms with E-state index in [1.54, 1.807) is 0 Å². The molecule has 4 rings (SSSR count). The smallest absolute Gasteiger partial charge is 0.239 e. The van der Waals surface area contributed by atoms with Crippen LogP contribution in [-0.4, -0.2) is 77.8 Å². The molecule has 35 heavy (non-hydrogen) atoms. The summed E-state index contributed by atoms with van der Waals surface area (Å²) in [4.78, 5) is 13.5. The maximum Gasteiger partial charge on any atom is 0.239 e. The van der Waals surface area contributed by atoms with Crippen molar-refractivity contribution in [3.05, 3.63) is 40.6 Å². The molecule has 0 aliphatic carbocycles. The molecule has 0 spiro atoms. The number of fused-ring (bicyclic) bond motifs is 1. The second kappa shape index (κ2) is 9.60.